The second-order valence-corrected chi connectivity index (χ2v) is 5.11. The third-order valence-electron chi connectivity index (χ3n) is 3.41. The maximum absolute atomic E-state index is 12.9. The van der Waals surface area contributed by atoms with Crippen LogP contribution >= 0.6 is 12.2 Å². The number of likely N-dealkylation sites (tertiary alicyclic amines) is 1. The molecule has 1 atom stereocenters. The first-order valence-corrected chi connectivity index (χ1v) is 6.70. The summed E-state index contributed by atoms with van der Waals surface area (Å²) in [5.74, 6) is -0.622. The molecule has 0 bridgehead atoms. The van der Waals surface area contributed by atoms with Crippen LogP contribution in [0.4, 0.5) is 13.2 Å². The third-order valence-corrected chi connectivity index (χ3v) is 3.88. The summed E-state index contributed by atoms with van der Waals surface area (Å²) in [5, 5.41) is 8.64. The van der Waals surface area contributed by atoms with Crippen LogP contribution in [-0.4, -0.2) is 40.7 Å². The highest BCUT2D eigenvalue weighted by molar-refractivity contribution is 7.80. The Morgan fingerprint density at radius 2 is 2.14 bits per heavy atom. The molecule has 22 heavy (non-hydrogen) atoms. The number of amides is 1. The Morgan fingerprint density at radius 3 is 2.59 bits per heavy atom. The van der Waals surface area contributed by atoms with Crippen molar-refractivity contribution in [3.8, 4) is 5.75 Å². The first-order chi connectivity index (χ1) is 10.3. The zero-order valence-electron chi connectivity index (χ0n) is 11.5. The van der Waals surface area contributed by atoms with Crippen LogP contribution in [0.15, 0.2) is 18.2 Å². The second kappa shape index (κ2) is 6.09. The van der Waals surface area contributed by atoms with Gasteiger partial charge in [-0.05, 0) is 24.6 Å². The molecule has 1 amide bonds. The molecule has 0 aromatic heterocycles. The minimum Gasteiger partial charge on any atom is -0.497 e. The van der Waals surface area contributed by atoms with E-state index in [1.165, 1.54) is 23.6 Å². The van der Waals surface area contributed by atoms with Crippen LogP contribution in [0.5, 0.6) is 5.75 Å². The van der Waals surface area contributed by atoms with Gasteiger partial charge in [0.1, 0.15) is 16.8 Å². The molecule has 0 spiro atoms. The number of rotatable bonds is 3. The highest BCUT2D eigenvalue weighted by atomic mass is 32.1. The van der Waals surface area contributed by atoms with E-state index in [2.05, 4.69) is 0 Å². The molecule has 1 aliphatic rings. The second-order valence-electron chi connectivity index (χ2n) is 4.73. The van der Waals surface area contributed by atoms with Gasteiger partial charge in [-0.3, -0.25) is 10.0 Å². The molecule has 2 rings (SSSR count). The van der Waals surface area contributed by atoms with Crippen molar-refractivity contribution in [2.24, 2.45) is 0 Å². The van der Waals surface area contributed by atoms with Crippen molar-refractivity contribution in [1.82, 2.24) is 10.4 Å². The van der Waals surface area contributed by atoms with E-state index in [9.17, 15) is 18.0 Å². The molecule has 0 saturated carbocycles. The molecule has 5 nitrogen and oxygen atoms in total. The summed E-state index contributed by atoms with van der Waals surface area (Å²) < 4.78 is 43.6. The summed E-state index contributed by atoms with van der Waals surface area (Å²) in [6.45, 7) is 0.426. The van der Waals surface area contributed by atoms with E-state index in [-0.39, 0.29) is 16.3 Å². The van der Waals surface area contributed by atoms with E-state index in [1.54, 1.807) is 0 Å². The average molecular weight is 334 g/mol. The molecule has 1 aliphatic heterocycles. The first kappa shape index (κ1) is 16.5. The van der Waals surface area contributed by atoms with E-state index in [0.29, 0.717) is 13.0 Å². The Bertz CT molecular complexity index is 607. The SMILES string of the molecule is COc1cc(C(=S)N2CCC2C(=O)NO)cc(C(F)(F)F)c1. The van der Waals surface area contributed by atoms with Gasteiger partial charge in [0.15, 0.2) is 0 Å². The lowest BCUT2D eigenvalue weighted by Crippen LogP contribution is -2.57. The predicted molar refractivity (Wildman–Crippen MR) is 74.7 cm³/mol. The van der Waals surface area contributed by atoms with Crippen LogP contribution in [0, 0.1) is 0 Å². The number of alkyl halides is 3. The van der Waals surface area contributed by atoms with E-state index in [4.69, 9.17) is 22.2 Å². The van der Waals surface area contributed by atoms with Gasteiger partial charge in [-0.2, -0.15) is 13.2 Å². The van der Waals surface area contributed by atoms with Gasteiger partial charge in [0, 0.05) is 12.1 Å². The molecule has 9 heteroatoms. The third kappa shape index (κ3) is 3.14. The lowest BCUT2D eigenvalue weighted by atomic mass is 10.00. The standard InChI is InChI=1S/C13H13F3N2O3S/c1-21-9-5-7(4-8(6-9)13(14,15)16)12(22)18-3-2-10(18)11(19)17-20/h4-6,10,20H,2-3H2,1H3,(H,17,19). The van der Waals surface area contributed by atoms with E-state index >= 15 is 0 Å². The van der Waals surface area contributed by atoms with Gasteiger partial charge < -0.3 is 9.64 Å². The van der Waals surface area contributed by atoms with Gasteiger partial charge in [-0.15, -0.1) is 0 Å². The Kier molecular flexibility index (Phi) is 4.57. The van der Waals surface area contributed by atoms with Gasteiger partial charge in [0.2, 0.25) is 0 Å². The van der Waals surface area contributed by atoms with Gasteiger partial charge in [0.05, 0.1) is 12.7 Å². The quantitative estimate of drug-likeness (QED) is 0.503. The number of hydrogen-bond acceptors (Lipinski definition) is 4. The van der Waals surface area contributed by atoms with Crippen LogP contribution in [0.2, 0.25) is 0 Å². The minimum atomic E-state index is -4.53. The molecule has 1 fully saturated rings. The van der Waals surface area contributed by atoms with Crippen molar-refractivity contribution in [2.75, 3.05) is 13.7 Å². The maximum atomic E-state index is 12.9. The summed E-state index contributed by atoms with van der Waals surface area (Å²) in [5.41, 5.74) is 0.771. The smallest absolute Gasteiger partial charge is 0.416 e. The van der Waals surface area contributed by atoms with Crippen LogP contribution < -0.4 is 10.2 Å². The number of hydroxylamine groups is 1. The van der Waals surface area contributed by atoms with Crippen LogP contribution in [0.25, 0.3) is 0 Å². The number of nitrogens with zero attached hydrogens (tertiary/aromatic N) is 1. The molecule has 120 valence electrons. The molecule has 0 aliphatic carbocycles. The topological polar surface area (TPSA) is 61.8 Å². The number of halogens is 3. The summed E-state index contributed by atoms with van der Waals surface area (Å²) in [6, 6.07) is 2.49. The van der Waals surface area contributed by atoms with Crippen molar-refractivity contribution in [3.05, 3.63) is 29.3 Å². The summed E-state index contributed by atoms with van der Waals surface area (Å²) >= 11 is 5.17. The molecule has 2 N–H and O–H groups in total. The number of methoxy groups -OCH3 is 1. The number of ether oxygens (including phenoxy) is 1. The summed E-state index contributed by atoms with van der Waals surface area (Å²) in [6.07, 6.45) is -4.07. The Morgan fingerprint density at radius 1 is 1.45 bits per heavy atom. The number of nitrogens with one attached hydrogen (secondary N) is 1. The van der Waals surface area contributed by atoms with E-state index in [1.807, 2.05) is 0 Å². The predicted octanol–water partition coefficient (Wildman–Crippen LogP) is 1.97. The number of thiocarbonyl (C=S) groups is 1. The molecule has 1 unspecified atom stereocenters. The monoisotopic (exact) mass is 334 g/mol. The van der Waals surface area contributed by atoms with Gasteiger partial charge >= 0.3 is 6.18 Å². The zero-order valence-corrected chi connectivity index (χ0v) is 12.3. The van der Waals surface area contributed by atoms with Gasteiger partial charge in [0.25, 0.3) is 5.91 Å². The summed E-state index contributed by atoms with van der Waals surface area (Å²) in [4.78, 5) is 13.0. The fourth-order valence-corrected chi connectivity index (χ4v) is 2.48. The van der Waals surface area contributed by atoms with Crippen molar-refractivity contribution in [2.45, 2.75) is 18.6 Å². The fraction of sp³-hybridized carbons (Fsp3) is 0.385. The van der Waals surface area contributed by atoms with E-state index < -0.39 is 23.7 Å². The van der Waals surface area contributed by atoms with Crippen LogP contribution in [-0.2, 0) is 11.0 Å². The summed E-state index contributed by atoms with van der Waals surface area (Å²) in [7, 11) is 1.26. The Hall–Kier alpha value is -1.87. The van der Waals surface area contributed by atoms with Crippen molar-refractivity contribution in [1.29, 1.82) is 0 Å². The number of benzene rings is 1. The Labute approximate surface area is 129 Å². The maximum Gasteiger partial charge on any atom is 0.416 e. The van der Waals surface area contributed by atoms with Crippen LogP contribution in [0.1, 0.15) is 17.5 Å². The highest BCUT2D eigenvalue weighted by Crippen LogP contribution is 2.33. The molecule has 1 saturated heterocycles. The largest absolute Gasteiger partial charge is 0.497 e. The molecular formula is C13H13F3N2O3S. The average Bonchev–Trinajstić information content (AvgIpc) is 2.44. The molecule has 1 aromatic carbocycles. The lowest BCUT2D eigenvalue weighted by molar-refractivity contribution is -0.138. The van der Waals surface area contributed by atoms with Gasteiger partial charge in [-0.1, -0.05) is 12.2 Å². The number of carbonyl (C=O) groups is 1. The zero-order chi connectivity index (χ0) is 16.5. The number of carbonyl (C=O) groups excluding carboxylic acids is 1. The first-order valence-electron chi connectivity index (χ1n) is 6.29. The van der Waals surface area contributed by atoms with Crippen molar-refractivity contribution < 1.29 is 27.9 Å². The molecule has 0 radical (unpaired) electrons. The van der Waals surface area contributed by atoms with Crippen LogP contribution in [0.3, 0.4) is 0 Å². The number of hydrogen-bond donors (Lipinski definition) is 2. The Balaban J connectivity index is 2.32. The van der Waals surface area contributed by atoms with E-state index in [0.717, 1.165) is 12.1 Å². The van der Waals surface area contributed by atoms with Gasteiger partial charge in [-0.25, -0.2) is 5.48 Å². The molecule has 1 aromatic rings. The van der Waals surface area contributed by atoms with Crippen molar-refractivity contribution >= 4 is 23.1 Å². The fourth-order valence-electron chi connectivity index (χ4n) is 2.15. The molecular weight excluding hydrogens is 321 g/mol. The van der Waals surface area contributed by atoms with Crippen molar-refractivity contribution in [3.63, 3.8) is 0 Å². The normalized spacial score (nSPS) is 17.7. The molecule has 1 heterocycles. The minimum absolute atomic E-state index is 0.0239. The lowest BCUT2D eigenvalue weighted by Gasteiger charge is -2.41. The highest BCUT2D eigenvalue weighted by Gasteiger charge is 2.37.